The van der Waals surface area contributed by atoms with E-state index in [1.165, 1.54) is 0 Å². The molecular weight excluding hydrogens is 328 g/mol. The van der Waals surface area contributed by atoms with Crippen molar-refractivity contribution in [2.45, 2.75) is 0 Å². The van der Waals surface area contributed by atoms with E-state index in [9.17, 15) is 4.79 Å². The van der Waals surface area contributed by atoms with Crippen molar-refractivity contribution in [3.8, 4) is 5.75 Å². The van der Waals surface area contributed by atoms with Gasteiger partial charge in [-0.05, 0) is 35.0 Å². The van der Waals surface area contributed by atoms with Gasteiger partial charge in [0.2, 0.25) is 0 Å². The van der Waals surface area contributed by atoms with Crippen LogP contribution in [0.3, 0.4) is 0 Å². The highest BCUT2D eigenvalue weighted by atomic mass is 79.9. The maximum absolute atomic E-state index is 12.9. The highest BCUT2D eigenvalue weighted by Crippen LogP contribution is 2.30. The Kier molecular flexibility index (Phi) is 3.76. The second-order valence-electron chi connectivity index (χ2n) is 4.67. The molecule has 21 heavy (non-hydrogen) atoms. The lowest BCUT2D eigenvalue weighted by Gasteiger charge is -2.10. The van der Waals surface area contributed by atoms with Crippen molar-refractivity contribution in [3.63, 3.8) is 0 Å². The molecule has 0 radical (unpaired) electrons. The van der Waals surface area contributed by atoms with Crippen LogP contribution < -0.4 is 4.74 Å². The van der Waals surface area contributed by atoms with Crippen molar-refractivity contribution >= 4 is 32.5 Å². The fraction of sp³-hybridized carbons (Fsp3) is 0.0556. The fourth-order valence-electron chi connectivity index (χ4n) is 2.44. The minimum atomic E-state index is -0.0313. The second kappa shape index (κ2) is 5.70. The summed E-state index contributed by atoms with van der Waals surface area (Å²) in [5.41, 5.74) is 1.26. The average molecular weight is 341 g/mol. The maximum atomic E-state index is 12.9. The molecule has 0 aliphatic rings. The molecule has 0 aromatic heterocycles. The molecule has 0 fully saturated rings. The maximum Gasteiger partial charge on any atom is 0.197 e. The lowest BCUT2D eigenvalue weighted by Crippen LogP contribution is -2.04. The summed E-state index contributed by atoms with van der Waals surface area (Å²) >= 11 is 3.53. The first-order chi connectivity index (χ1) is 10.2. The van der Waals surface area contributed by atoms with Gasteiger partial charge in [-0.15, -0.1) is 0 Å². The molecule has 0 amide bonds. The molecule has 0 N–H and O–H groups in total. The van der Waals surface area contributed by atoms with Crippen LogP contribution in [0.25, 0.3) is 10.8 Å². The summed E-state index contributed by atoms with van der Waals surface area (Å²) in [4.78, 5) is 12.9. The number of rotatable bonds is 3. The molecule has 0 aliphatic carbocycles. The Morgan fingerprint density at radius 1 is 0.857 bits per heavy atom. The van der Waals surface area contributed by atoms with E-state index in [0.29, 0.717) is 16.9 Å². The Balaban J connectivity index is 2.21. The van der Waals surface area contributed by atoms with Crippen molar-refractivity contribution in [2.24, 2.45) is 0 Å². The summed E-state index contributed by atoms with van der Waals surface area (Å²) in [6.07, 6.45) is 0. The topological polar surface area (TPSA) is 26.3 Å². The van der Waals surface area contributed by atoms with Gasteiger partial charge in [0.25, 0.3) is 0 Å². The van der Waals surface area contributed by atoms with Crippen molar-refractivity contribution < 1.29 is 9.53 Å². The van der Waals surface area contributed by atoms with Crippen LogP contribution in [0.4, 0.5) is 0 Å². The van der Waals surface area contributed by atoms with Gasteiger partial charge in [-0.25, -0.2) is 0 Å². The fourth-order valence-corrected chi connectivity index (χ4v) is 2.92. The quantitative estimate of drug-likeness (QED) is 0.637. The summed E-state index contributed by atoms with van der Waals surface area (Å²) in [5, 5.41) is 1.96. The van der Waals surface area contributed by atoms with Crippen LogP contribution in [0.1, 0.15) is 15.9 Å². The first kappa shape index (κ1) is 13.8. The third kappa shape index (κ3) is 2.45. The van der Waals surface area contributed by atoms with E-state index >= 15 is 0 Å². The lowest BCUT2D eigenvalue weighted by atomic mass is 9.97. The third-order valence-corrected chi connectivity index (χ3v) is 4.16. The zero-order valence-electron chi connectivity index (χ0n) is 11.5. The molecule has 0 spiro atoms. The van der Waals surface area contributed by atoms with Crippen LogP contribution in [0.2, 0.25) is 0 Å². The molecule has 0 bridgehead atoms. The molecule has 0 aliphatic heterocycles. The van der Waals surface area contributed by atoms with E-state index in [1.54, 1.807) is 19.2 Å². The van der Waals surface area contributed by atoms with Gasteiger partial charge in [-0.3, -0.25) is 4.79 Å². The van der Waals surface area contributed by atoms with Crippen LogP contribution >= 0.6 is 15.9 Å². The summed E-state index contributed by atoms with van der Waals surface area (Å²) in [6.45, 7) is 0. The second-order valence-corrected chi connectivity index (χ2v) is 5.52. The molecular formula is C18H13BrO2. The average Bonchev–Trinajstić information content (AvgIpc) is 2.55. The molecule has 0 saturated heterocycles. The van der Waals surface area contributed by atoms with Gasteiger partial charge < -0.3 is 4.74 Å². The molecule has 0 unspecified atom stereocenters. The Morgan fingerprint density at radius 3 is 2.29 bits per heavy atom. The minimum absolute atomic E-state index is 0.0313. The third-order valence-electron chi connectivity index (χ3n) is 3.47. The number of hydrogen-bond acceptors (Lipinski definition) is 2. The molecule has 3 rings (SSSR count). The predicted molar refractivity (Wildman–Crippen MR) is 88.1 cm³/mol. The Labute approximate surface area is 131 Å². The Bertz CT molecular complexity index is 824. The minimum Gasteiger partial charge on any atom is -0.496 e. The van der Waals surface area contributed by atoms with Crippen LogP contribution in [0, 0.1) is 0 Å². The Hall–Kier alpha value is -2.13. The molecule has 0 atom stereocenters. The van der Waals surface area contributed by atoms with Crippen molar-refractivity contribution in [1.82, 2.24) is 0 Å². The van der Waals surface area contributed by atoms with E-state index in [2.05, 4.69) is 15.9 Å². The van der Waals surface area contributed by atoms with E-state index in [0.717, 1.165) is 15.2 Å². The molecule has 0 saturated carbocycles. The zero-order valence-corrected chi connectivity index (χ0v) is 13.1. The van der Waals surface area contributed by atoms with Crippen LogP contribution in [0.15, 0.2) is 65.1 Å². The van der Waals surface area contributed by atoms with Crippen molar-refractivity contribution in [3.05, 3.63) is 76.3 Å². The standard InChI is InChI=1S/C18H13BrO2/c1-21-17-9-5-4-8-15(17)18(20)14-10-11-16(19)13-7-3-2-6-12(13)14/h2-11H,1H3. The van der Waals surface area contributed by atoms with E-state index in [-0.39, 0.29) is 5.78 Å². The van der Waals surface area contributed by atoms with E-state index < -0.39 is 0 Å². The molecule has 3 aromatic rings. The Morgan fingerprint density at radius 2 is 1.52 bits per heavy atom. The van der Waals surface area contributed by atoms with E-state index in [1.807, 2.05) is 48.5 Å². The molecule has 2 nitrogen and oxygen atoms in total. The number of ketones is 1. The van der Waals surface area contributed by atoms with Gasteiger partial charge in [-0.2, -0.15) is 0 Å². The zero-order chi connectivity index (χ0) is 14.8. The SMILES string of the molecule is COc1ccccc1C(=O)c1ccc(Br)c2ccccc12. The van der Waals surface area contributed by atoms with Crippen LogP contribution in [0.5, 0.6) is 5.75 Å². The number of benzene rings is 3. The molecule has 0 heterocycles. The summed E-state index contributed by atoms with van der Waals surface area (Å²) in [7, 11) is 1.58. The predicted octanol–water partition coefficient (Wildman–Crippen LogP) is 4.84. The number of halogens is 1. The molecule has 3 heteroatoms. The molecule has 3 aromatic carbocycles. The van der Waals surface area contributed by atoms with Gasteiger partial charge in [0.15, 0.2) is 5.78 Å². The summed E-state index contributed by atoms with van der Waals surface area (Å²) in [6, 6.07) is 18.9. The number of carbonyl (C=O) groups is 1. The summed E-state index contributed by atoms with van der Waals surface area (Å²) < 4.78 is 6.27. The number of para-hydroxylation sites is 1. The number of methoxy groups -OCH3 is 1. The van der Waals surface area contributed by atoms with Gasteiger partial charge in [0, 0.05) is 10.0 Å². The monoisotopic (exact) mass is 340 g/mol. The number of carbonyl (C=O) groups excluding carboxylic acids is 1. The number of ether oxygens (including phenoxy) is 1. The van der Waals surface area contributed by atoms with Crippen molar-refractivity contribution in [1.29, 1.82) is 0 Å². The van der Waals surface area contributed by atoms with Gasteiger partial charge >= 0.3 is 0 Å². The normalized spacial score (nSPS) is 10.6. The van der Waals surface area contributed by atoms with Gasteiger partial charge in [0.05, 0.1) is 12.7 Å². The summed E-state index contributed by atoms with van der Waals surface area (Å²) in [5.74, 6) is 0.561. The van der Waals surface area contributed by atoms with Gasteiger partial charge in [0.1, 0.15) is 5.75 Å². The molecule has 104 valence electrons. The highest BCUT2D eigenvalue weighted by Gasteiger charge is 2.16. The van der Waals surface area contributed by atoms with E-state index in [4.69, 9.17) is 4.74 Å². The smallest absolute Gasteiger partial charge is 0.197 e. The number of fused-ring (bicyclic) bond motifs is 1. The first-order valence-corrected chi connectivity index (χ1v) is 7.36. The van der Waals surface area contributed by atoms with Crippen molar-refractivity contribution in [2.75, 3.05) is 7.11 Å². The van der Waals surface area contributed by atoms with Crippen LogP contribution in [-0.4, -0.2) is 12.9 Å². The highest BCUT2D eigenvalue weighted by molar-refractivity contribution is 9.10. The first-order valence-electron chi connectivity index (χ1n) is 6.57. The number of hydrogen-bond donors (Lipinski definition) is 0. The van der Waals surface area contributed by atoms with Crippen LogP contribution in [-0.2, 0) is 0 Å². The largest absolute Gasteiger partial charge is 0.496 e. The lowest BCUT2D eigenvalue weighted by molar-refractivity contribution is 0.103. The van der Waals surface area contributed by atoms with Gasteiger partial charge in [-0.1, -0.05) is 52.3 Å².